The van der Waals surface area contributed by atoms with E-state index in [2.05, 4.69) is 124 Å². The fourth-order valence-electron chi connectivity index (χ4n) is 5.11. The zero-order valence-corrected chi connectivity index (χ0v) is 28.3. The van der Waals surface area contributed by atoms with E-state index in [4.69, 9.17) is 0 Å². The molecule has 0 saturated carbocycles. The average molecular weight is 590 g/mol. The van der Waals surface area contributed by atoms with E-state index in [9.17, 15) is 0 Å². The average Bonchev–Trinajstić information content (AvgIpc) is 3.10. The summed E-state index contributed by atoms with van der Waals surface area (Å²) in [4.78, 5) is 2.16. The van der Waals surface area contributed by atoms with E-state index in [0.29, 0.717) is 0 Å². The number of hydrogen-bond donors (Lipinski definition) is 0. The Hall–Kier alpha value is -3.58. The van der Waals surface area contributed by atoms with Gasteiger partial charge in [0.2, 0.25) is 0 Å². The number of para-hydroxylation sites is 1. The SMILES string of the molecule is C=Cc1ccc(N(C)c2ccccc2)cc1.CCCCCCCCCCCCc1ccc(CC)cc1.CCc1ccccc1. The minimum Gasteiger partial charge on any atom is -0.345 e. The number of hydrogen-bond acceptors (Lipinski definition) is 1. The van der Waals surface area contributed by atoms with Gasteiger partial charge < -0.3 is 4.90 Å². The molecule has 1 nitrogen and oxygen atoms in total. The van der Waals surface area contributed by atoms with Crippen LogP contribution in [0.1, 0.15) is 107 Å². The van der Waals surface area contributed by atoms with Gasteiger partial charge in [-0.25, -0.2) is 0 Å². The second kappa shape index (κ2) is 23.8. The molecule has 0 aliphatic rings. The summed E-state index contributed by atoms with van der Waals surface area (Å²) in [5.74, 6) is 0. The molecule has 0 aromatic heterocycles. The Morgan fingerprint density at radius 3 is 1.39 bits per heavy atom. The summed E-state index contributed by atoms with van der Waals surface area (Å²) in [6.07, 6.45) is 19.7. The van der Waals surface area contributed by atoms with Crippen molar-refractivity contribution in [3.63, 3.8) is 0 Å². The third kappa shape index (κ3) is 15.8. The van der Waals surface area contributed by atoms with E-state index in [0.717, 1.165) is 18.4 Å². The van der Waals surface area contributed by atoms with Gasteiger partial charge in [0, 0.05) is 18.4 Å². The lowest BCUT2D eigenvalue weighted by atomic mass is 10.0. The monoisotopic (exact) mass is 589 g/mol. The van der Waals surface area contributed by atoms with Crippen LogP contribution in [0.5, 0.6) is 0 Å². The van der Waals surface area contributed by atoms with Gasteiger partial charge in [-0.2, -0.15) is 0 Å². The first kappa shape index (κ1) is 36.6. The summed E-state index contributed by atoms with van der Waals surface area (Å²) in [5.41, 5.74) is 7.89. The molecule has 0 unspecified atom stereocenters. The van der Waals surface area contributed by atoms with Crippen molar-refractivity contribution in [2.24, 2.45) is 0 Å². The molecule has 0 bridgehead atoms. The predicted molar refractivity (Wildman–Crippen MR) is 198 cm³/mol. The van der Waals surface area contributed by atoms with Gasteiger partial charge in [-0.15, -0.1) is 0 Å². The van der Waals surface area contributed by atoms with E-state index < -0.39 is 0 Å². The van der Waals surface area contributed by atoms with Crippen molar-refractivity contribution in [3.05, 3.63) is 138 Å². The fourth-order valence-corrected chi connectivity index (χ4v) is 5.11. The lowest BCUT2D eigenvalue weighted by Gasteiger charge is -2.19. The largest absolute Gasteiger partial charge is 0.345 e. The molecule has 0 heterocycles. The minimum atomic E-state index is 1.14. The molecule has 44 heavy (non-hydrogen) atoms. The topological polar surface area (TPSA) is 3.24 Å². The number of rotatable bonds is 16. The molecule has 4 rings (SSSR count). The van der Waals surface area contributed by atoms with Crippen LogP contribution in [-0.2, 0) is 19.3 Å². The van der Waals surface area contributed by atoms with Crippen molar-refractivity contribution < 1.29 is 0 Å². The van der Waals surface area contributed by atoms with Gasteiger partial charge in [-0.3, -0.25) is 0 Å². The van der Waals surface area contributed by atoms with Crippen LogP contribution in [0.4, 0.5) is 11.4 Å². The second-order valence-electron chi connectivity index (χ2n) is 11.6. The standard InChI is InChI=1S/C20H34.C15H15N.C8H10/c1-3-5-6-7-8-9-10-11-12-13-14-20-17-15-19(4-2)16-18-20;1-3-13-9-11-15(12-10-13)16(2)14-7-5-4-6-8-14;1-2-8-6-4-3-5-7-8/h15-18H,3-14H2,1-2H3;3-12H,1H2,2H3;3-7H,2H2,1H3. The molecule has 0 amide bonds. The van der Waals surface area contributed by atoms with Gasteiger partial charge >= 0.3 is 0 Å². The Kier molecular flexibility index (Phi) is 19.8. The maximum Gasteiger partial charge on any atom is 0.0408 e. The molecule has 0 aliphatic heterocycles. The smallest absolute Gasteiger partial charge is 0.0408 e. The van der Waals surface area contributed by atoms with Gasteiger partial charge in [-0.05, 0) is 72.2 Å². The summed E-state index contributed by atoms with van der Waals surface area (Å²) >= 11 is 0. The molecule has 0 spiro atoms. The quantitative estimate of drug-likeness (QED) is 0.117. The van der Waals surface area contributed by atoms with Gasteiger partial charge in [0.25, 0.3) is 0 Å². The van der Waals surface area contributed by atoms with Crippen LogP contribution < -0.4 is 4.90 Å². The Bertz CT molecular complexity index is 1210. The number of aryl methyl sites for hydroxylation is 3. The highest BCUT2D eigenvalue weighted by Crippen LogP contribution is 2.23. The molecule has 0 N–H and O–H groups in total. The summed E-state index contributed by atoms with van der Waals surface area (Å²) in [7, 11) is 2.07. The Morgan fingerprint density at radius 1 is 0.477 bits per heavy atom. The third-order valence-electron chi connectivity index (χ3n) is 8.16. The molecule has 4 aromatic carbocycles. The van der Waals surface area contributed by atoms with Crippen LogP contribution in [0.2, 0.25) is 0 Å². The van der Waals surface area contributed by atoms with E-state index >= 15 is 0 Å². The van der Waals surface area contributed by atoms with Crippen LogP contribution in [0, 0.1) is 0 Å². The van der Waals surface area contributed by atoms with Crippen molar-refractivity contribution in [3.8, 4) is 0 Å². The molecule has 0 saturated heterocycles. The molecular formula is C43H59N. The normalized spacial score (nSPS) is 10.2. The van der Waals surface area contributed by atoms with Gasteiger partial charge in [0.15, 0.2) is 0 Å². The number of anilines is 2. The highest BCUT2D eigenvalue weighted by Gasteiger charge is 2.02. The maximum atomic E-state index is 3.75. The molecule has 0 fully saturated rings. The minimum absolute atomic E-state index is 1.14. The molecule has 0 radical (unpaired) electrons. The summed E-state index contributed by atoms with van der Waals surface area (Å²) in [6, 6.07) is 38.3. The summed E-state index contributed by atoms with van der Waals surface area (Å²) < 4.78 is 0. The van der Waals surface area contributed by atoms with Crippen molar-refractivity contribution in [1.29, 1.82) is 0 Å². The predicted octanol–water partition coefficient (Wildman–Crippen LogP) is 13.1. The van der Waals surface area contributed by atoms with Gasteiger partial charge in [0.1, 0.15) is 0 Å². The van der Waals surface area contributed by atoms with E-state index in [1.54, 1.807) is 0 Å². The van der Waals surface area contributed by atoms with E-state index in [1.807, 2.05) is 30.3 Å². The molecule has 236 valence electrons. The number of nitrogens with zero attached hydrogens (tertiary/aromatic N) is 1. The first-order valence-electron chi connectivity index (χ1n) is 17.2. The fraction of sp³-hybridized carbons (Fsp3) is 0.395. The Labute approximate surface area is 271 Å². The molecule has 0 atom stereocenters. The van der Waals surface area contributed by atoms with E-state index in [1.165, 1.54) is 98.7 Å². The third-order valence-corrected chi connectivity index (χ3v) is 8.16. The van der Waals surface area contributed by atoms with E-state index in [-0.39, 0.29) is 0 Å². The molecular weight excluding hydrogens is 530 g/mol. The number of unbranched alkanes of at least 4 members (excludes halogenated alkanes) is 9. The van der Waals surface area contributed by atoms with Crippen LogP contribution >= 0.6 is 0 Å². The first-order chi connectivity index (χ1) is 21.6. The lowest BCUT2D eigenvalue weighted by Crippen LogP contribution is -2.08. The maximum absolute atomic E-state index is 3.75. The van der Waals surface area contributed by atoms with Gasteiger partial charge in [0.05, 0.1) is 0 Å². The van der Waals surface area contributed by atoms with Gasteiger partial charge in [-0.1, -0.05) is 176 Å². The summed E-state index contributed by atoms with van der Waals surface area (Å²) in [5, 5.41) is 0. The summed E-state index contributed by atoms with van der Waals surface area (Å²) in [6.45, 7) is 10.4. The molecule has 4 aromatic rings. The van der Waals surface area contributed by atoms with Crippen molar-refractivity contribution >= 4 is 17.5 Å². The second-order valence-corrected chi connectivity index (χ2v) is 11.6. The van der Waals surface area contributed by atoms with Crippen molar-refractivity contribution in [2.75, 3.05) is 11.9 Å². The highest BCUT2D eigenvalue weighted by atomic mass is 15.1. The van der Waals surface area contributed by atoms with Crippen molar-refractivity contribution in [2.45, 2.75) is 104 Å². The zero-order chi connectivity index (χ0) is 31.7. The molecule has 0 aliphatic carbocycles. The van der Waals surface area contributed by atoms with Crippen LogP contribution in [0.3, 0.4) is 0 Å². The highest BCUT2D eigenvalue weighted by molar-refractivity contribution is 5.64. The van der Waals surface area contributed by atoms with Crippen LogP contribution in [-0.4, -0.2) is 7.05 Å². The molecule has 1 heteroatoms. The Balaban J connectivity index is 0.000000249. The van der Waals surface area contributed by atoms with Crippen LogP contribution in [0.15, 0.2) is 116 Å². The van der Waals surface area contributed by atoms with Crippen molar-refractivity contribution in [1.82, 2.24) is 0 Å². The number of benzene rings is 4. The van der Waals surface area contributed by atoms with Crippen LogP contribution in [0.25, 0.3) is 6.08 Å². The zero-order valence-electron chi connectivity index (χ0n) is 28.3. The Morgan fingerprint density at radius 2 is 0.909 bits per heavy atom. The first-order valence-corrected chi connectivity index (χ1v) is 17.2. The lowest BCUT2D eigenvalue weighted by molar-refractivity contribution is 0.556.